The number of benzene rings is 2. The maximum absolute atomic E-state index is 13.3. The lowest BCUT2D eigenvalue weighted by Crippen LogP contribution is -2.29. The molecule has 34 heavy (non-hydrogen) atoms. The van der Waals surface area contributed by atoms with Crippen LogP contribution < -0.4 is 10.6 Å². The Bertz CT molecular complexity index is 1180. The predicted octanol–water partition coefficient (Wildman–Crippen LogP) is 7.27. The van der Waals surface area contributed by atoms with Gasteiger partial charge in [0.25, 0.3) is 0 Å². The maximum Gasteiger partial charge on any atom is 0.418 e. The van der Waals surface area contributed by atoms with Crippen molar-refractivity contribution in [1.82, 2.24) is 9.88 Å². The molecule has 1 aliphatic heterocycles. The van der Waals surface area contributed by atoms with Crippen LogP contribution in [0.25, 0.3) is 16.5 Å². The van der Waals surface area contributed by atoms with E-state index in [4.69, 9.17) is 12.2 Å². The molecule has 0 saturated heterocycles. The van der Waals surface area contributed by atoms with Gasteiger partial charge < -0.3 is 15.6 Å². The third-order valence-corrected chi connectivity index (χ3v) is 6.34. The lowest BCUT2D eigenvalue weighted by molar-refractivity contribution is -0.136. The number of nitrogens with zero attached hydrogens (tertiary/aromatic N) is 1. The Morgan fingerprint density at radius 2 is 1.94 bits per heavy atom. The number of nitrogens with one attached hydrogen (secondary N) is 3. The molecule has 4 rings (SSSR count). The summed E-state index contributed by atoms with van der Waals surface area (Å²) in [5, 5.41) is 6.88. The first-order chi connectivity index (χ1) is 16.3. The summed E-state index contributed by atoms with van der Waals surface area (Å²) in [6, 6.07) is 11.1. The van der Waals surface area contributed by atoms with Gasteiger partial charge in [0, 0.05) is 41.4 Å². The van der Waals surface area contributed by atoms with Crippen molar-refractivity contribution < 1.29 is 13.2 Å². The van der Waals surface area contributed by atoms with Crippen LogP contribution in [0.1, 0.15) is 43.7 Å². The highest BCUT2D eigenvalue weighted by Gasteiger charge is 2.33. The number of aromatic amines is 1. The van der Waals surface area contributed by atoms with Gasteiger partial charge in [-0.25, -0.2) is 0 Å². The molecule has 0 amide bonds. The van der Waals surface area contributed by atoms with Crippen LogP contribution >= 0.6 is 12.2 Å². The number of rotatable bonds is 7. The van der Waals surface area contributed by atoms with Crippen LogP contribution in [0.3, 0.4) is 0 Å². The van der Waals surface area contributed by atoms with Gasteiger partial charge in [0.05, 0.1) is 11.3 Å². The molecular formula is C26H29F3N4S. The van der Waals surface area contributed by atoms with Crippen molar-refractivity contribution in [2.24, 2.45) is 0 Å². The minimum atomic E-state index is -4.46. The van der Waals surface area contributed by atoms with E-state index in [-0.39, 0.29) is 10.8 Å². The molecule has 3 aromatic rings. The molecule has 0 saturated carbocycles. The second-order valence-corrected chi connectivity index (χ2v) is 8.98. The number of halogens is 3. The van der Waals surface area contributed by atoms with E-state index >= 15 is 0 Å². The van der Waals surface area contributed by atoms with Gasteiger partial charge in [0.1, 0.15) is 0 Å². The van der Waals surface area contributed by atoms with Crippen molar-refractivity contribution in [2.45, 2.75) is 38.8 Å². The molecule has 0 aliphatic carbocycles. The maximum atomic E-state index is 13.3. The quantitative estimate of drug-likeness (QED) is 0.243. The SMILES string of the molecule is CCCCCN1CC=C(c2c[nH]c3ccc(NC(=S)Nc4ccccc4C(F)(F)F)cc23)CC1. The van der Waals surface area contributed by atoms with Crippen LogP contribution in [0.4, 0.5) is 24.5 Å². The Kier molecular flexibility index (Phi) is 7.58. The first kappa shape index (κ1) is 24.3. The average Bonchev–Trinajstić information content (AvgIpc) is 3.22. The molecule has 0 fully saturated rings. The molecule has 1 aliphatic rings. The minimum Gasteiger partial charge on any atom is -0.361 e. The highest BCUT2D eigenvalue weighted by Crippen LogP contribution is 2.35. The van der Waals surface area contributed by atoms with Crippen LogP contribution in [-0.2, 0) is 6.18 Å². The van der Waals surface area contributed by atoms with Crippen LogP contribution in [0, 0.1) is 0 Å². The zero-order valence-electron chi connectivity index (χ0n) is 19.1. The van der Waals surface area contributed by atoms with Gasteiger partial charge in [-0.15, -0.1) is 0 Å². The molecule has 0 radical (unpaired) electrons. The zero-order valence-corrected chi connectivity index (χ0v) is 20.0. The Balaban J connectivity index is 1.47. The summed E-state index contributed by atoms with van der Waals surface area (Å²) in [6.07, 6.45) is 4.60. The van der Waals surface area contributed by atoms with E-state index in [1.165, 1.54) is 37.0 Å². The number of anilines is 2. The van der Waals surface area contributed by atoms with Crippen molar-refractivity contribution in [2.75, 3.05) is 30.3 Å². The number of H-pyrrole nitrogens is 1. The van der Waals surface area contributed by atoms with Gasteiger partial charge in [-0.3, -0.25) is 4.90 Å². The topological polar surface area (TPSA) is 43.1 Å². The fourth-order valence-corrected chi connectivity index (χ4v) is 4.56. The summed E-state index contributed by atoms with van der Waals surface area (Å²) in [4.78, 5) is 5.82. The molecule has 0 bridgehead atoms. The van der Waals surface area contributed by atoms with Gasteiger partial charge >= 0.3 is 6.18 Å². The van der Waals surface area contributed by atoms with Gasteiger partial charge in [-0.2, -0.15) is 13.2 Å². The summed E-state index contributed by atoms with van der Waals surface area (Å²) in [5.41, 5.74) is 3.37. The predicted molar refractivity (Wildman–Crippen MR) is 138 cm³/mol. The summed E-state index contributed by atoms with van der Waals surface area (Å²) in [6.45, 7) is 5.36. The highest BCUT2D eigenvalue weighted by molar-refractivity contribution is 7.80. The number of hydrogen-bond donors (Lipinski definition) is 3. The van der Waals surface area contributed by atoms with Crippen molar-refractivity contribution in [3.05, 3.63) is 65.9 Å². The lowest BCUT2D eigenvalue weighted by atomic mass is 9.98. The second kappa shape index (κ2) is 10.6. The molecule has 4 nitrogen and oxygen atoms in total. The Morgan fingerprint density at radius 3 is 2.68 bits per heavy atom. The number of alkyl halides is 3. The van der Waals surface area contributed by atoms with Crippen LogP contribution in [0.15, 0.2) is 54.7 Å². The summed E-state index contributed by atoms with van der Waals surface area (Å²) >= 11 is 5.30. The Labute approximate surface area is 203 Å². The highest BCUT2D eigenvalue weighted by atomic mass is 32.1. The molecule has 0 unspecified atom stereocenters. The Morgan fingerprint density at radius 1 is 1.12 bits per heavy atom. The number of hydrogen-bond acceptors (Lipinski definition) is 2. The summed E-state index contributed by atoms with van der Waals surface area (Å²) in [7, 11) is 0. The van der Waals surface area contributed by atoms with E-state index < -0.39 is 11.7 Å². The normalized spacial score (nSPS) is 14.8. The monoisotopic (exact) mass is 486 g/mol. The first-order valence-corrected chi connectivity index (χ1v) is 12.0. The standard InChI is InChI=1S/C26H29F3N4S/c1-2-3-6-13-33-14-11-18(12-15-33)21-17-30-23-10-9-19(16-20(21)23)31-25(34)32-24-8-5-4-7-22(24)26(27,28)29/h4-5,7-11,16-17,30H,2-3,6,12-15H2,1H3,(H2,31,32,34). The molecule has 8 heteroatoms. The second-order valence-electron chi connectivity index (χ2n) is 8.57. The van der Waals surface area contributed by atoms with Gasteiger partial charge in [-0.05, 0) is 67.5 Å². The lowest BCUT2D eigenvalue weighted by Gasteiger charge is -2.26. The van der Waals surface area contributed by atoms with Crippen molar-refractivity contribution in [1.29, 1.82) is 0 Å². The molecule has 3 N–H and O–H groups in total. The molecule has 2 aromatic carbocycles. The number of fused-ring (bicyclic) bond motifs is 1. The van der Waals surface area contributed by atoms with Crippen molar-refractivity contribution >= 4 is 45.2 Å². The van der Waals surface area contributed by atoms with Gasteiger partial charge in [0.15, 0.2) is 5.11 Å². The van der Waals surface area contributed by atoms with Crippen LogP contribution in [0.5, 0.6) is 0 Å². The van der Waals surface area contributed by atoms with Gasteiger partial charge in [0.2, 0.25) is 0 Å². The average molecular weight is 487 g/mol. The first-order valence-electron chi connectivity index (χ1n) is 11.6. The number of unbranched alkanes of at least 4 members (excludes halogenated alkanes) is 2. The van der Waals surface area contributed by atoms with Crippen LogP contribution in [-0.4, -0.2) is 34.6 Å². The number of thiocarbonyl (C=S) groups is 1. The van der Waals surface area contributed by atoms with E-state index in [0.29, 0.717) is 5.69 Å². The molecule has 2 heterocycles. The van der Waals surface area contributed by atoms with E-state index in [1.54, 1.807) is 6.07 Å². The molecule has 0 spiro atoms. The molecular weight excluding hydrogens is 457 g/mol. The van der Waals surface area contributed by atoms with E-state index in [9.17, 15) is 13.2 Å². The number of para-hydroxylation sites is 1. The van der Waals surface area contributed by atoms with E-state index in [1.807, 2.05) is 24.4 Å². The number of aromatic nitrogens is 1. The minimum absolute atomic E-state index is 0.0771. The summed E-state index contributed by atoms with van der Waals surface area (Å²) in [5.74, 6) is 0. The fourth-order valence-electron chi connectivity index (χ4n) is 4.33. The Hall–Kier alpha value is -2.84. The summed E-state index contributed by atoms with van der Waals surface area (Å²) < 4.78 is 39.8. The zero-order chi connectivity index (χ0) is 24.1. The fraction of sp³-hybridized carbons (Fsp3) is 0.346. The van der Waals surface area contributed by atoms with Gasteiger partial charge in [-0.1, -0.05) is 38.0 Å². The third-order valence-electron chi connectivity index (χ3n) is 6.14. The molecule has 1 aromatic heterocycles. The van der Waals surface area contributed by atoms with Crippen molar-refractivity contribution in [3.63, 3.8) is 0 Å². The van der Waals surface area contributed by atoms with E-state index in [2.05, 4.69) is 33.5 Å². The largest absolute Gasteiger partial charge is 0.418 e. The van der Waals surface area contributed by atoms with Crippen molar-refractivity contribution in [3.8, 4) is 0 Å². The smallest absolute Gasteiger partial charge is 0.361 e. The molecule has 180 valence electrons. The van der Waals surface area contributed by atoms with Crippen LogP contribution in [0.2, 0.25) is 0 Å². The molecule has 0 atom stereocenters. The van der Waals surface area contributed by atoms with E-state index in [0.717, 1.165) is 48.6 Å². The third kappa shape index (κ3) is 5.80.